The fourth-order valence-corrected chi connectivity index (χ4v) is 4.67. The van der Waals surface area contributed by atoms with Crippen molar-refractivity contribution in [3.8, 4) is 0 Å². The van der Waals surface area contributed by atoms with Gasteiger partial charge in [-0.2, -0.15) is 0 Å². The van der Waals surface area contributed by atoms with Crippen LogP contribution in [0.1, 0.15) is 64.9 Å². The van der Waals surface area contributed by atoms with Crippen LogP contribution in [-0.4, -0.2) is 37.1 Å². The topological polar surface area (TPSA) is 6.48 Å². The number of hydrogen-bond acceptors (Lipinski definition) is 2. The average molecular weight is 365 g/mol. The SMILES string of the molecule is CC(C)c1ccc(N2CCC(N3CCC(C(C)C)CC3)CC2)c(F)c1F. The zero-order valence-electron chi connectivity index (χ0n) is 16.8. The molecule has 2 fully saturated rings. The van der Waals surface area contributed by atoms with Gasteiger partial charge in [0.2, 0.25) is 0 Å². The van der Waals surface area contributed by atoms with Gasteiger partial charge in [0.15, 0.2) is 11.6 Å². The van der Waals surface area contributed by atoms with Crippen LogP contribution in [0.2, 0.25) is 0 Å². The molecule has 0 saturated carbocycles. The van der Waals surface area contributed by atoms with E-state index in [1.54, 1.807) is 12.1 Å². The maximum atomic E-state index is 14.6. The third kappa shape index (κ3) is 4.05. The van der Waals surface area contributed by atoms with Crippen LogP contribution in [0.5, 0.6) is 0 Å². The number of hydrogen-bond donors (Lipinski definition) is 0. The highest BCUT2D eigenvalue weighted by atomic mass is 19.2. The molecular formula is C22H34F2N2. The van der Waals surface area contributed by atoms with Gasteiger partial charge in [0.05, 0.1) is 5.69 Å². The molecule has 2 aliphatic rings. The molecule has 0 spiro atoms. The summed E-state index contributed by atoms with van der Waals surface area (Å²) in [5, 5.41) is 0. The quantitative estimate of drug-likeness (QED) is 0.703. The van der Waals surface area contributed by atoms with Crippen LogP contribution >= 0.6 is 0 Å². The van der Waals surface area contributed by atoms with Crippen LogP contribution in [0.25, 0.3) is 0 Å². The van der Waals surface area contributed by atoms with E-state index in [0.29, 0.717) is 17.3 Å². The summed E-state index contributed by atoms with van der Waals surface area (Å²) in [6.07, 6.45) is 4.68. The Kier molecular flexibility index (Phi) is 6.21. The first-order valence-electron chi connectivity index (χ1n) is 10.3. The minimum absolute atomic E-state index is 0.00180. The van der Waals surface area contributed by atoms with E-state index in [1.807, 2.05) is 18.7 Å². The Hall–Kier alpha value is -1.16. The highest BCUT2D eigenvalue weighted by molar-refractivity contribution is 5.50. The van der Waals surface area contributed by atoms with Crippen LogP contribution in [0.4, 0.5) is 14.5 Å². The molecule has 0 bridgehead atoms. The first-order valence-corrected chi connectivity index (χ1v) is 10.3. The van der Waals surface area contributed by atoms with Crippen molar-refractivity contribution < 1.29 is 8.78 Å². The number of rotatable bonds is 4. The molecule has 0 aromatic heterocycles. The number of benzene rings is 1. The van der Waals surface area contributed by atoms with E-state index < -0.39 is 11.6 Å². The molecule has 0 N–H and O–H groups in total. The minimum atomic E-state index is -0.674. The Bertz CT molecular complexity index is 598. The molecule has 26 heavy (non-hydrogen) atoms. The van der Waals surface area contributed by atoms with E-state index in [2.05, 4.69) is 18.7 Å². The molecule has 2 saturated heterocycles. The van der Waals surface area contributed by atoms with E-state index in [1.165, 1.54) is 25.9 Å². The maximum absolute atomic E-state index is 14.6. The van der Waals surface area contributed by atoms with Crippen molar-refractivity contribution in [1.82, 2.24) is 4.90 Å². The molecule has 1 aromatic carbocycles. The molecule has 1 aromatic rings. The summed E-state index contributed by atoms with van der Waals surface area (Å²) in [6, 6.07) is 4.12. The fraction of sp³-hybridized carbons (Fsp3) is 0.727. The molecule has 0 atom stereocenters. The van der Waals surface area contributed by atoms with Crippen LogP contribution in [-0.2, 0) is 0 Å². The molecule has 0 unspecified atom stereocenters. The molecule has 146 valence electrons. The van der Waals surface area contributed by atoms with Gasteiger partial charge in [-0.3, -0.25) is 0 Å². The lowest BCUT2D eigenvalue weighted by Gasteiger charge is -2.43. The Morgan fingerprint density at radius 2 is 1.46 bits per heavy atom. The van der Waals surface area contributed by atoms with Crippen molar-refractivity contribution in [2.45, 2.75) is 65.3 Å². The highest BCUT2D eigenvalue weighted by Gasteiger charge is 2.30. The summed E-state index contributed by atoms with van der Waals surface area (Å²) in [4.78, 5) is 4.66. The van der Waals surface area contributed by atoms with Gasteiger partial charge in [-0.05, 0) is 68.2 Å². The lowest BCUT2D eigenvalue weighted by Crippen LogP contribution is -2.48. The number of nitrogens with zero attached hydrogens (tertiary/aromatic N) is 2. The van der Waals surface area contributed by atoms with Gasteiger partial charge in [0, 0.05) is 19.1 Å². The zero-order chi connectivity index (χ0) is 18.8. The third-order valence-electron chi connectivity index (χ3n) is 6.55. The van der Waals surface area contributed by atoms with Crippen molar-refractivity contribution in [3.05, 3.63) is 29.3 Å². The van der Waals surface area contributed by atoms with E-state index in [-0.39, 0.29) is 5.92 Å². The number of piperidine rings is 2. The first-order chi connectivity index (χ1) is 12.4. The van der Waals surface area contributed by atoms with Crippen LogP contribution in [0.3, 0.4) is 0 Å². The molecule has 2 aliphatic heterocycles. The zero-order valence-corrected chi connectivity index (χ0v) is 16.8. The largest absolute Gasteiger partial charge is 0.369 e. The predicted octanol–water partition coefficient (Wildman–Crippen LogP) is 5.43. The van der Waals surface area contributed by atoms with E-state index in [9.17, 15) is 8.78 Å². The van der Waals surface area contributed by atoms with E-state index in [4.69, 9.17) is 0 Å². The fourth-order valence-electron chi connectivity index (χ4n) is 4.67. The van der Waals surface area contributed by atoms with Crippen LogP contribution in [0.15, 0.2) is 12.1 Å². The molecule has 0 radical (unpaired) electrons. The van der Waals surface area contributed by atoms with Crippen molar-refractivity contribution >= 4 is 5.69 Å². The van der Waals surface area contributed by atoms with Gasteiger partial charge in [-0.1, -0.05) is 33.8 Å². The lowest BCUT2D eigenvalue weighted by molar-refractivity contribution is 0.100. The maximum Gasteiger partial charge on any atom is 0.182 e. The summed E-state index contributed by atoms with van der Waals surface area (Å²) in [6.45, 7) is 12.5. The summed E-state index contributed by atoms with van der Waals surface area (Å²) in [5.74, 6) is 0.300. The Morgan fingerprint density at radius 3 is 2.00 bits per heavy atom. The Morgan fingerprint density at radius 1 is 0.846 bits per heavy atom. The minimum Gasteiger partial charge on any atom is -0.369 e. The summed E-state index contributed by atoms with van der Waals surface area (Å²) in [7, 11) is 0. The smallest absolute Gasteiger partial charge is 0.182 e. The normalized spacial score (nSPS) is 21.2. The number of halogens is 2. The standard InChI is InChI=1S/C22H34F2N2/c1-15(2)17-7-11-25(12-8-17)18-9-13-26(14-10-18)20-6-5-19(16(3)4)21(23)22(20)24/h5-6,15-18H,7-14H2,1-4H3. The molecule has 3 rings (SSSR count). The second-order valence-electron chi connectivity index (χ2n) is 8.79. The van der Waals surface area contributed by atoms with Gasteiger partial charge in [-0.25, -0.2) is 8.78 Å². The summed E-state index contributed by atoms with van der Waals surface area (Å²) < 4.78 is 28.9. The monoisotopic (exact) mass is 364 g/mol. The molecule has 0 aliphatic carbocycles. The third-order valence-corrected chi connectivity index (χ3v) is 6.55. The number of anilines is 1. The second kappa shape index (κ2) is 8.24. The number of likely N-dealkylation sites (tertiary alicyclic amines) is 1. The van der Waals surface area contributed by atoms with Crippen molar-refractivity contribution in [2.24, 2.45) is 11.8 Å². The Balaban J connectivity index is 1.58. The van der Waals surface area contributed by atoms with Gasteiger partial charge in [0.25, 0.3) is 0 Å². The summed E-state index contributed by atoms with van der Waals surface area (Å²) in [5.41, 5.74) is 0.901. The molecular weight excluding hydrogens is 330 g/mol. The molecule has 0 amide bonds. The van der Waals surface area contributed by atoms with Crippen LogP contribution in [0, 0.1) is 23.5 Å². The van der Waals surface area contributed by atoms with Gasteiger partial charge in [0.1, 0.15) is 0 Å². The van der Waals surface area contributed by atoms with Gasteiger partial charge >= 0.3 is 0 Å². The van der Waals surface area contributed by atoms with Crippen molar-refractivity contribution in [3.63, 3.8) is 0 Å². The van der Waals surface area contributed by atoms with Gasteiger partial charge < -0.3 is 9.80 Å². The Labute approximate surface area is 157 Å². The van der Waals surface area contributed by atoms with Crippen molar-refractivity contribution in [2.75, 3.05) is 31.1 Å². The molecule has 2 heterocycles. The average Bonchev–Trinajstić information content (AvgIpc) is 2.64. The van der Waals surface area contributed by atoms with Crippen molar-refractivity contribution in [1.29, 1.82) is 0 Å². The second-order valence-corrected chi connectivity index (χ2v) is 8.79. The predicted molar refractivity (Wildman–Crippen MR) is 105 cm³/mol. The van der Waals surface area contributed by atoms with Crippen LogP contribution < -0.4 is 4.90 Å². The first kappa shape index (κ1) is 19.6. The summed E-state index contributed by atoms with van der Waals surface area (Å²) >= 11 is 0. The van der Waals surface area contributed by atoms with E-state index in [0.717, 1.165) is 37.8 Å². The molecule has 4 heteroatoms. The highest BCUT2D eigenvalue weighted by Crippen LogP contribution is 2.32. The lowest BCUT2D eigenvalue weighted by atomic mass is 9.85. The molecule has 2 nitrogen and oxygen atoms in total. The van der Waals surface area contributed by atoms with Gasteiger partial charge in [-0.15, -0.1) is 0 Å². The van der Waals surface area contributed by atoms with E-state index >= 15 is 0 Å².